The zero-order valence-electron chi connectivity index (χ0n) is 19.4. The van der Waals surface area contributed by atoms with Crippen LogP contribution in [-0.4, -0.2) is 42.7 Å². The highest BCUT2D eigenvalue weighted by molar-refractivity contribution is 5.75. The summed E-state index contributed by atoms with van der Waals surface area (Å²) in [6.07, 6.45) is 5.27. The molecule has 0 aliphatic carbocycles. The van der Waals surface area contributed by atoms with Gasteiger partial charge in [0.05, 0.1) is 11.6 Å². The summed E-state index contributed by atoms with van der Waals surface area (Å²) in [5.41, 5.74) is 3.96. The maximum atomic E-state index is 9.60. The normalized spacial score (nSPS) is 17.0. The minimum absolute atomic E-state index is 0.178. The number of allylic oxidation sites excluding steroid dienone is 1. The lowest BCUT2D eigenvalue weighted by Crippen LogP contribution is -2.46. The molecule has 0 aromatic heterocycles. The first-order chi connectivity index (χ1) is 15.2. The number of benzene rings is 2. The predicted molar refractivity (Wildman–Crippen MR) is 126 cm³/mol. The predicted octanol–water partition coefficient (Wildman–Crippen LogP) is 5.00. The summed E-state index contributed by atoms with van der Waals surface area (Å²) in [7, 11) is 2.17. The Bertz CT molecular complexity index is 989. The second kappa shape index (κ2) is 10.0. The van der Waals surface area contributed by atoms with E-state index in [1.54, 1.807) is 0 Å². The highest BCUT2D eigenvalue weighted by Crippen LogP contribution is 2.41. The van der Waals surface area contributed by atoms with E-state index < -0.39 is 0 Å². The van der Waals surface area contributed by atoms with Crippen molar-refractivity contribution in [2.75, 3.05) is 20.1 Å². The molecular formula is C27H32N2O3. The van der Waals surface area contributed by atoms with Crippen LogP contribution in [0.5, 0.6) is 5.75 Å². The van der Waals surface area contributed by atoms with Crippen molar-refractivity contribution in [2.45, 2.75) is 51.2 Å². The van der Waals surface area contributed by atoms with Crippen LogP contribution >= 0.6 is 0 Å². The molecular weight excluding hydrogens is 400 g/mol. The molecule has 0 radical (unpaired) electrons. The van der Waals surface area contributed by atoms with Gasteiger partial charge in [-0.25, -0.2) is 0 Å². The van der Waals surface area contributed by atoms with Crippen LogP contribution in [0.25, 0.3) is 5.57 Å². The third-order valence-electron chi connectivity index (χ3n) is 5.70. The van der Waals surface area contributed by atoms with E-state index in [0.717, 1.165) is 38.1 Å². The first-order valence-corrected chi connectivity index (χ1v) is 11.0. The van der Waals surface area contributed by atoms with E-state index in [4.69, 9.17) is 10.00 Å². The molecule has 0 N–H and O–H groups in total. The van der Waals surface area contributed by atoms with E-state index in [1.807, 2.05) is 39.0 Å². The number of hydrogen-bond acceptors (Lipinski definition) is 5. The Kier molecular flexibility index (Phi) is 7.37. The van der Waals surface area contributed by atoms with Gasteiger partial charge in [-0.05, 0) is 69.7 Å². The summed E-state index contributed by atoms with van der Waals surface area (Å²) in [4.78, 5) is 12.0. The van der Waals surface area contributed by atoms with Gasteiger partial charge in [-0.2, -0.15) is 5.26 Å². The maximum Gasteiger partial charge on any atom is 0.293 e. The van der Waals surface area contributed by atoms with Crippen LogP contribution in [0, 0.1) is 11.3 Å². The number of fused-ring (bicyclic) bond motifs is 1. The van der Waals surface area contributed by atoms with Crippen LogP contribution in [0.3, 0.4) is 0 Å². The van der Waals surface area contributed by atoms with Crippen molar-refractivity contribution in [2.24, 2.45) is 0 Å². The van der Waals surface area contributed by atoms with Crippen LogP contribution in [0.15, 0.2) is 54.6 Å². The van der Waals surface area contributed by atoms with Crippen LogP contribution < -0.4 is 4.74 Å². The average molecular weight is 433 g/mol. The molecule has 2 heterocycles. The minimum atomic E-state index is -0.318. The van der Waals surface area contributed by atoms with Crippen molar-refractivity contribution in [3.8, 4) is 11.8 Å². The maximum absolute atomic E-state index is 9.60. The summed E-state index contributed by atoms with van der Waals surface area (Å²) in [6, 6.07) is 18.4. The molecule has 0 unspecified atom stereocenters. The molecule has 2 aliphatic heterocycles. The number of piperidine rings is 1. The van der Waals surface area contributed by atoms with Gasteiger partial charge in [0.1, 0.15) is 17.0 Å². The molecule has 1 saturated heterocycles. The monoisotopic (exact) mass is 432 g/mol. The fraction of sp³-hybridized carbons (Fsp3) is 0.407. The van der Waals surface area contributed by atoms with Gasteiger partial charge < -0.3 is 14.4 Å². The van der Waals surface area contributed by atoms with E-state index in [0.29, 0.717) is 12.0 Å². The first kappa shape index (κ1) is 23.6. The van der Waals surface area contributed by atoms with Gasteiger partial charge in [0.2, 0.25) is 0 Å². The Morgan fingerprint density at radius 2 is 1.78 bits per heavy atom. The molecule has 0 bridgehead atoms. The number of para-hydroxylation sites is 1. The first-order valence-electron chi connectivity index (χ1n) is 11.0. The highest BCUT2D eigenvalue weighted by Gasteiger charge is 2.37. The number of rotatable bonds is 3. The summed E-state index contributed by atoms with van der Waals surface area (Å²) in [5, 5.41) is 8.99. The molecule has 1 spiro atoms. The van der Waals surface area contributed by atoms with Gasteiger partial charge in [-0.1, -0.05) is 30.3 Å². The SMILES string of the molecule is CC(C)(C)OC=O.CN1CCC2(C=C(Cc3ccc(C#N)cc3)c3ccccc3O2)CC1. The number of carbonyl (C=O) groups excluding carboxylic acids is 1. The smallest absolute Gasteiger partial charge is 0.293 e. The van der Waals surface area contributed by atoms with Crippen LogP contribution in [0.2, 0.25) is 0 Å². The molecule has 0 saturated carbocycles. The molecule has 32 heavy (non-hydrogen) atoms. The number of ether oxygens (including phenoxy) is 2. The Hall–Kier alpha value is -3.10. The molecule has 0 atom stereocenters. The zero-order chi connectivity index (χ0) is 23.2. The summed E-state index contributed by atoms with van der Waals surface area (Å²) in [5.74, 6) is 0.998. The number of likely N-dealkylation sites (tertiary alicyclic amines) is 1. The number of carbonyl (C=O) groups is 1. The van der Waals surface area contributed by atoms with Gasteiger partial charge in [0, 0.05) is 31.5 Å². The topological polar surface area (TPSA) is 62.6 Å². The molecule has 0 amide bonds. The second-order valence-corrected chi connectivity index (χ2v) is 9.45. The number of nitriles is 1. The molecule has 168 valence electrons. The molecule has 2 aromatic rings. The highest BCUT2D eigenvalue weighted by atomic mass is 16.5. The fourth-order valence-electron chi connectivity index (χ4n) is 3.92. The minimum Gasteiger partial charge on any atom is -0.482 e. The summed E-state index contributed by atoms with van der Waals surface area (Å²) in [6.45, 7) is 8.04. The molecule has 2 aliphatic rings. The molecule has 1 fully saturated rings. The van der Waals surface area contributed by atoms with E-state index in [-0.39, 0.29) is 11.2 Å². The van der Waals surface area contributed by atoms with E-state index in [1.165, 1.54) is 16.7 Å². The second-order valence-electron chi connectivity index (χ2n) is 9.45. The lowest BCUT2D eigenvalue weighted by Gasteiger charge is -2.42. The van der Waals surface area contributed by atoms with Gasteiger partial charge in [-0.15, -0.1) is 0 Å². The van der Waals surface area contributed by atoms with Crippen molar-refractivity contribution < 1.29 is 14.3 Å². The average Bonchev–Trinajstić information content (AvgIpc) is 2.76. The Labute approximate surface area is 191 Å². The standard InChI is InChI=1S/C22H22N2O.C5H10O2/c1-24-12-10-22(11-13-24)15-19(20-4-2-3-5-21(20)25-22)14-17-6-8-18(16-23)9-7-17;1-5(2,3)7-4-6/h2-9,15H,10-14H2,1H3;4H,1-3H3. The quantitative estimate of drug-likeness (QED) is 0.639. The van der Waals surface area contributed by atoms with Crippen LogP contribution in [0.1, 0.15) is 50.3 Å². The Morgan fingerprint density at radius 1 is 1.12 bits per heavy atom. The summed E-state index contributed by atoms with van der Waals surface area (Å²) < 4.78 is 11.0. The number of nitrogens with zero attached hydrogens (tertiary/aromatic N) is 2. The Morgan fingerprint density at radius 3 is 2.34 bits per heavy atom. The van der Waals surface area contributed by atoms with Gasteiger partial charge >= 0.3 is 0 Å². The number of hydrogen-bond donors (Lipinski definition) is 0. The third-order valence-corrected chi connectivity index (χ3v) is 5.70. The zero-order valence-corrected chi connectivity index (χ0v) is 19.4. The van der Waals surface area contributed by atoms with Crippen LogP contribution in [-0.2, 0) is 16.0 Å². The third kappa shape index (κ3) is 6.21. The van der Waals surface area contributed by atoms with E-state index in [9.17, 15) is 4.79 Å². The Balaban J connectivity index is 0.000000360. The lowest BCUT2D eigenvalue weighted by molar-refractivity contribution is -0.138. The van der Waals surface area contributed by atoms with Crippen LogP contribution in [0.4, 0.5) is 0 Å². The lowest BCUT2D eigenvalue weighted by atomic mass is 9.83. The molecule has 2 aromatic carbocycles. The molecule has 5 heteroatoms. The van der Waals surface area contributed by atoms with Crippen molar-refractivity contribution in [3.63, 3.8) is 0 Å². The fourth-order valence-corrected chi connectivity index (χ4v) is 3.92. The largest absolute Gasteiger partial charge is 0.482 e. The van der Waals surface area contributed by atoms with Gasteiger partial charge in [0.15, 0.2) is 0 Å². The van der Waals surface area contributed by atoms with Crippen molar-refractivity contribution >= 4 is 12.0 Å². The van der Waals surface area contributed by atoms with Gasteiger partial charge in [-0.3, -0.25) is 4.79 Å². The summed E-state index contributed by atoms with van der Waals surface area (Å²) >= 11 is 0. The molecule has 4 rings (SSSR count). The molecule has 5 nitrogen and oxygen atoms in total. The van der Waals surface area contributed by atoms with Gasteiger partial charge in [0.25, 0.3) is 6.47 Å². The van der Waals surface area contributed by atoms with E-state index in [2.05, 4.69) is 59.2 Å². The van der Waals surface area contributed by atoms with Crippen molar-refractivity contribution in [1.82, 2.24) is 4.90 Å². The van der Waals surface area contributed by atoms with E-state index >= 15 is 0 Å². The van der Waals surface area contributed by atoms with Crippen molar-refractivity contribution in [1.29, 1.82) is 5.26 Å². The van der Waals surface area contributed by atoms with Crippen molar-refractivity contribution in [3.05, 3.63) is 71.3 Å².